The Kier molecular flexibility index (Phi) is 8.36. The summed E-state index contributed by atoms with van der Waals surface area (Å²) < 4.78 is 6.47. The number of nitrogens with zero attached hydrogens (tertiary/aromatic N) is 3. The predicted molar refractivity (Wildman–Crippen MR) is 252 cm³/mol. The molecule has 9 aromatic carbocycles. The Labute approximate surface area is 359 Å². The second kappa shape index (κ2) is 14.5. The number of hydrogen-bond donors (Lipinski definition) is 0. The third kappa shape index (κ3) is 5.65. The van der Waals surface area contributed by atoms with Gasteiger partial charge in [0.05, 0.1) is 5.41 Å². The summed E-state index contributed by atoms with van der Waals surface area (Å²) in [6.45, 7) is 0. The molecule has 11 aromatic rings. The normalized spacial score (nSPS) is 12.6. The molecular weight excluding hydrogens is 755 g/mol. The average Bonchev–Trinajstić information content (AvgIpc) is 3.89. The first-order valence-electron chi connectivity index (χ1n) is 21.0. The van der Waals surface area contributed by atoms with Crippen molar-refractivity contribution in [2.75, 3.05) is 0 Å². The van der Waals surface area contributed by atoms with Crippen LogP contribution < -0.4 is 0 Å². The predicted octanol–water partition coefficient (Wildman–Crippen LogP) is 14.5. The molecule has 0 atom stereocenters. The molecule has 290 valence electrons. The van der Waals surface area contributed by atoms with Crippen molar-refractivity contribution < 1.29 is 4.42 Å². The van der Waals surface area contributed by atoms with Crippen LogP contribution in [0.4, 0.5) is 0 Å². The van der Waals surface area contributed by atoms with E-state index in [4.69, 9.17) is 19.4 Å². The molecule has 0 amide bonds. The Morgan fingerprint density at radius 1 is 0.323 bits per heavy atom. The number of para-hydroxylation sites is 2. The number of hydrogen-bond acceptors (Lipinski definition) is 4. The lowest BCUT2D eigenvalue weighted by Crippen LogP contribution is -2.28. The fraction of sp³-hybridized carbons (Fsp3) is 0.0172. The van der Waals surface area contributed by atoms with Gasteiger partial charge in [0.1, 0.15) is 11.2 Å². The topological polar surface area (TPSA) is 51.8 Å². The van der Waals surface area contributed by atoms with E-state index >= 15 is 0 Å². The van der Waals surface area contributed by atoms with Crippen molar-refractivity contribution in [1.29, 1.82) is 0 Å². The third-order valence-corrected chi connectivity index (χ3v) is 12.4. The summed E-state index contributed by atoms with van der Waals surface area (Å²) >= 11 is 0. The van der Waals surface area contributed by atoms with Gasteiger partial charge in [-0.2, -0.15) is 0 Å². The molecule has 2 heterocycles. The van der Waals surface area contributed by atoms with Crippen LogP contribution in [0.15, 0.2) is 229 Å². The molecule has 0 fully saturated rings. The molecule has 0 spiro atoms. The Morgan fingerprint density at radius 2 is 0.839 bits per heavy atom. The molecule has 0 saturated carbocycles. The van der Waals surface area contributed by atoms with Gasteiger partial charge in [-0.3, -0.25) is 0 Å². The maximum absolute atomic E-state index is 6.47. The quantitative estimate of drug-likeness (QED) is 0.161. The van der Waals surface area contributed by atoms with Crippen LogP contribution in [0.1, 0.15) is 22.3 Å². The van der Waals surface area contributed by atoms with Crippen molar-refractivity contribution in [3.05, 3.63) is 247 Å². The lowest BCUT2D eigenvalue weighted by molar-refractivity contribution is 0.670. The molecule has 0 radical (unpaired) electrons. The molecule has 1 aliphatic carbocycles. The van der Waals surface area contributed by atoms with E-state index in [-0.39, 0.29) is 0 Å². The number of furan rings is 1. The fourth-order valence-corrected chi connectivity index (χ4v) is 9.65. The van der Waals surface area contributed by atoms with E-state index in [9.17, 15) is 0 Å². The Morgan fingerprint density at radius 3 is 1.50 bits per heavy atom. The average molecular weight is 792 g/mol. The largest absolute Gasteiger partial charge is 0.455 e. The van der Waals surface area contributed by atoms with Crippen LogP contribution in [0.5, 0.6) is 0 Å². The maximum Gasteiger partial charge on any atom is 0.164 e. The van der Waals surface area contributed by atoms with Crippen LogP contribution in [-0.4, -0.2) is 15.0 Å². The summed E-state index contributed by atoms with van der Waals surface area (Å²) in [4.78, 5) is 15.8. The molecule has 1 aliphatic rings. The standard InChI is InChI=1S/C58H37N3O/c1-5-18-40(19-6-1)55-59-56(41-20-7-2-8-21-41)61-57(60-55)49-36-42(38-32-34-39(35-33-38)45-28-17-29-47-46-26-14-16-31-52(46)62-54(45)47)37-51-53(49)48-27-13-15-30-50(48)58(51,43-22-9-3-10-23-43)44-24-11-4-12-25-44/h1-37H. The van der Waals surface area contributed by atoms with E-state index in [1.54, 1.807) is 0 Å². The van der Waals surface area contributed by atoms with Crippen LogP contribution in [0.3, 0.4) is 0 Å². The van der Waals surface area contributed by atoms with E-state index < -0.39 is 5.41 Å². The van der Waals surface area contributed by atoms with Crippen molar-refractivity contribution >= 4 is 21.9 Å². The monoisotopic (exact) mass is 791 g/mol. The van der Waals surface area contributed by atoms with Crippen LogP contribution in [0.2, 0.25) is 0 Å². The van der Waals surface area contributed by atoms with E-state index in [2.05, 4.69) is 176 Å². The summed E-state index contributed by atoms with van der Waals surface area (Å²) in [6.07, 6.45) is 0. The highest BCUT2D eigenvalue weighted by atomic mass is 16.3. The van der Waals surface area contributed by atoms with E-state index in [0.717, 1.165) is 72.0 Å². The van der Waals surface area contributed by atoms with Crippen molar-refractivity contribution in [2.45, 2.75) is 5.41 Å². The molecule has 4 heteroatoms. The van der Waals surface area contributed by atoms with Gasteiger partial charge in [-0.1, -0.05) is 206 Å². The molecule has 0 unspecified atom stereocenters. The molecule has 0 saturated heterocycles. The summed E-state index contributed by atoms with van der Waals surface area (Å²) in [5, 5.41) is 2.24. The zero-order valence-corrected chi connectivity index (χ0v) is 33.6. The molecule has 0 bridgehead atoms. The van der Waals surface area contributed by atoms with Gasteiger partial charge in [0.25, 0.3) is 0 Å². The summed E-state index contributed by atoms with van der Waals surface area (Å²) in [5.41, 5.74) is 15.4. The first kappa shape index (κ1) is 35.7. The van der Waals surface area contributed by atoms with Gasteiger partial charge in [0.2, 0.25) is 0 Å². The summed E-state index contributed by atoms with van der Waals surface area (Å²) in [7, 11) is 0. The van der Waals surface area contributed by atoms with Gasteiger partial charge >= 0.3 is 0 Å². The first-order chi connectivity index (χ1) is 30.7. The molecule has 4 nitrogen and oxygen atoms in total. The van der Waals surface area contributed by atoms with Crippen LogP contribution in [0.25, 0.3) is 89.5 Å². The Bertz CT molecular complexity index is 3340. The number of benzene rings is 9. The zero-order valence-electron chi connectivity index (χ0n) is 33.6. The highest BCUT2D eigenvalue weighted by Gasteiger charge is 2.47. The second-order valence-electron chi connectivity index (χ2n) is 15.9. The number of rotatable bonds is 7. The van der Waals surface area contributed by atoms with Crippen LogP contribution in [-0.2, 0) is 5.41 Å². The maximum atomic E-state index is 6.47. The molecule has 2 aromatic heterocycles. The van der Waals surface area contributed by atoms with Crippen LogP contribution in [0, 0.1) is 0 Å². The fourth-order valence-electron chi connectivity index (χ4n) is 9.65. The summed E-state index contributed by atoms with van der Waals surface area (Å²) in [6, 6.07) is 79.4. The Balaban J connectivity index is 1.14. The number of aromatic nitrogens is 3. The van der Waals surface area contributed by atoms with Crippen molar-refractivity contribution in [1.82, 2.24) is 15.0 Å². The van der Waals surface area contributed by atoms with Gasteiger partial charge in [-0.15, -0.1) is 0 Å². The lowest BCUT2D eigenvalue weighted by Gasteiger charge is -2.34. The van der Waals surface area contributed by atoms with Gasteiger partial charge < -0.3 is 4.42 Å². The minimum Gasteiger partial charge on any atom is -0.455 e. The van der Waals surface area contributed by atoms with Gasteiger partial charge in [0.15, 0.2) is 17.5 Å². The molecule has 0 aliphatic heterocycles. The summed E-state index contributed by atoms with van der Waals surface area (Å²) in [5.74, 6) is 1.87. The zero-order chi connectivity index (χ0) is 41.0. The van der Waals surface area contributed by atoms with E-state index in [1.807, 2.05) is 48.5 Å². The smallest absolute Gasteiger partial charge is 0.164 e. The van der Waals surface area contributed by atoms with Crippen molar-refractivity contribution in [3.8, 4) is 67.5 Å². The lowest BCUT2D eigenvalue weighted by atomic mass is 9.67. The van der Waals surface area contributed by atoms with Gasteiger partial charge in [0, 0.05) is 33.0 Å². The minimum atomic E-state index is -0.631. The highest BCUT2D eigenvalue weighted by Crippen LogP contribution is 2.59. The second-order valence-corrected chi connectivity index (χ2v) is 15.9. The molecule has 0 N–H and O–H groups in total. The number of fused-ring (bicyclic) bond motifs is 6. The first-order valence-corrected chi connectivity index (χ1v) is 21.0. The van der Waals surface area contributed by atoms with Gasteiger partial charge in [-0.25, -0.2) is 15.0 Å². The van der Waals surface area contributed by atoms with E-state index in [1.165, 1.54) is 22.3 Å². The minimum absolute atomic E-state index is 0.621. The molecule has 62 heavy (non-hydrogen) atoms. The SMILES string of the molecule is c1ccc(-c2nc(-c3ccccc3)nc(-c3cc(-c4ccc(-c5cccc6c5oc5ccccc56)cc4)cc4c3-c3ccccc3C4(c3ccccc3)c3ccccc3)n2)cc1. The van der Waals surface area contributed by atoms with Crippen molar-refractivity contribution in [3.63, 3.8) is 0 Å². The highest BCUT2D eigenvalue weighted by molar-refractivity contribution is 6.09. The molecular formula is C58H37N3O. The van der Waals surface area contributed by atoms with Crippen LogP contribution >= 0.6 is 0 Å². The third-order valence-electron chi connectivity index (χ3n) is 12.4. The van der Waals surface area contributed by atoms with Crippen molar-refractivity contribution in [2.24, 2.45) is 0 Å². The van der Waals surface area contributed by atoms with E-state index in [0.29, 0.717) is 17.5 Å². The molecule has 12 rings (SSSR count). The van der Waals surface area contributed by atoms with Gasteiger partial charge in [-0.05, 0) is 68.3 Å². The Hall–Kier alpha value is -8.21.